The van der Waals surface area contributed by atoms with Crippen LogP contribution in [0, 0.1) is 0 Å². The molecule has 6 heteroatoms. The first-order valence-corrected chi connectivity index (χ1v) is 5.44. The molecule has 18 heavy (non-hydrogen) atoms. The Labute approximate surface area is 104 Å². The fourth-order valence-electron chi connectivity index (χ4n) is 1.32. The fourth-order valence-corrected chi connectivity index (χ4v) is 1.32. The van der Waals surface area contributed by atoms with Crippen molar-refractivity contribution in [1.82, 2.24) is 10.2 Å². The fraction of sp³-hybridized carbons (Fsp3) is 0.250. The molecule has 0 saturated carbocycles. The summed E-state index contributed by atoms with van der Waals surface area (Å²) >= 11 is 0. The smallest absolute Gasteiger partial charge is 0.247 e. The van der Waals surface area contributed by atoms with Gasteiger partial charge in [-0.3, -0.25) is 4.79 Å². The van der Waals surface area contributed by atoms with Crippen molar-refractivity contribution < 1.29 is 9.21 Å². The van der Waals surface area contributed by atoms with Crippen LogP contribution in [0.25, 0.3) is 11.5 Å². The molecule has 94 valence electrons. The van der Waals surface area contributed by atoms with Crippen molar-refractivity contribution in [3.63, 3.8) is 0 Å². The second-order valence-corrected chi connectivity index (χ2v) is 4.50. The predicted molar refractivity (Wildman–Crippen MR) is 66.6 cm³/mol. The average Bonchev–Trinajstić information content (AvgIpc) is 2.81. The number of carbonyl (C=O) groups excluding carboxylic acids is 1. The molecule has 0 aliphatic carbocycles. The third-order valence-electron chi connectivity index (χ3n) is 2.31. The number of hydrogen-bond acceptors (Lipinski definition) is 5. The van der Waals surface area contributed by atoms with E-state index in [2.05, 4.69) is 15.5 Å². The van der Waals surface area contributed by atoms with Gasteiger partial charge >= 0.3 is 0 Å². The van der Waals surface area contributed by atoms with Gasteiger partial charge < -0.3 is 15.5 Å². The van der Waals surface area contributed by atoms with Gasteiger partial charge in [-0.1, -0.05) is 6.07 Å². The van der Waals surface area contributed by atoms with Gasteiger partial charge in [0.1, 0.15) is 0 Å². The van der Waals surface area contributed by atoms with Crippen LogP contribution in [0.2, 0.25) is 0 Å². The van der Waals surface area contributed by atoms with Crippen LogP contribution in [0.4, 0.5) is 5.69 Å². The van der Waals surface area contributed by atoms with Gasteiger partial charge in [-0.25, -0.2) is 0 Å². The Morgan fingerprint density at radius 2 is 2.22 bits per heavy atom. The Hall–Kier alpha value is -2.21. The first-order chi connectivity index (χ1) is 8.47. The van der Waals surface area contributed by atoms with Crippen molar-refractivity contribution in [3.05, 3.63) is 30.7 Å². The molecular weight excluding hydrogens is 232 g/mol. The number of anilines is 1. The lowest BCUT2D eigenvalue weighted by Crippen LogP contribution is -2.45. The van der Waals surface area contributed by atoms with Gasteiger partial charge in [-0.2, -0.15) is 0 Å². The third kappa shape index (κ3) is 2.72. The lowest BCUT2D eigenvalue weighted by molar-refractivity contribution is -0.120. The highest BCUT2D eigenvalue weighted by Crippen LogP contribution is 2.20. The second kappa shape index (κ2) is 4.58. The summed E-state index contributed by atoms with van der Waals surface area (Å²) in [5, 5.41) is 10.1. The molecule has 0 fully saturated rings. The standard InChI is InChI=1S/C12H14N4O2/c1-12(2,13)11(17)15-9-5-3-4-8(6-9)10-16-14-7-18-10/h3-7H,13H2,1-2H3,(H,15,17). The molecule has 3 N–H and O–H groups in total. The van der Waals surface area contributed by atoms with E-state index in [-0.39, 0.29) is 5.91 Å². The number of benzene rings is 1. The number of aromatic nitrogens is 2. The molecule has 6 nitrogen and oxygen atoms in total. The van der Waals surface area contributed by atoms with Crippen molar-refractivity contribution >= 4 is 11.6 Å². The van der Waals surface area contributed by atoms with Crippen molar-refractivity contribution in [2.24, 2.45) is 5.73 Å². The van der Waals surface area contributed by atoms with Crippen molar-refractivity contribution in [3.8, 4) is 11.5 Å². The maximum absolute atomic E-state index is 11.7. The molecule has 0 aliphatic rings. The van der Waals surface area contributed by atoms with E-state index in [9.17, 15) is 4.79 Å². The summed E-state index contributed by atoms with van der Waals surface area (Å²) < 4.78 is 5.09. The van der Waals surface area contributed by atoms with Crippen molar-refractivity contribution in [2.75, 3.05) is 5.32 Å². The number of nitrogens with one attached hydrogen (secondary N) is 1. The number of nitrogens with zero attached hydrogens (tertiary/aromatic N) is 2. The molecule has 0 aliphatic heterocycles. The molecule has 0 atom stereocenters. The molecule has 1 amide bonds. The second-order valence-electron chi connectivity index (χ2n) is 4.50. The van der Waals surface area contributed by atoms with E-state index in [0.29, 0.717) is 11.6 Å². The van der Waals surface area contributed by atoms with Crippen LogP contribution in [-0.2, 0) is 4.79 Å². The highest BCUT2D eigenvalue weighted by atomic mass is 16.4. The number of carbonyl (C=O) groups is 1. The van der Waals surface area contributed by atoms with Gasteiger partial charge in [-0.05, 0) is 32.0 Å². The minimum absolute atomic E-state index is 0.259. The largest absolute Gasteiger partial charge is 0.423 e. The highest BCUT2D eigenvalue weighted by Gasteiger charge is 2.21. The van der Waals surface area contributed by atoms with Crippen LogP contribution in [0.5, 0.6) is 0 Å². The van der Waals surface area contributed by atoms with Crippen LogP contribution in [0.3, 0.4) is 0 Å². The van der Waals surface area contributed by atoms with Gasteiger partial charge in [0.2, 0.25) is 18.2 Å². The monoisotopic (exact) mass is 246 g/mol. The predicted octanol–water partition coefficient (Wildman–Crippen LogP) is 1.41. The van der Waals surface area contributed by atoms with Crippen LogP contribution in [0.1, 0.15) is 13.8 Å². The Kier molecular flexibility index (Phi) is 3.12. The lowest BCUT2D eigenvalue weighted by Gasteiger charge is -2.17. The molecule has 0 bridgehead atoms. The molecule has 1 heterocycles. The Morgan fingerprint density at radius 1 is 1.44 bits per heavy atom. The SMILES string of the molecule is CC(C)(N)C(=O)Nc1cccc(-c2nnco2)c1. The molecule has 1 aromatic heterocycles. The van der Waals surface area contributed by atoms with E-state index >= 15 is 0 Å². The van der Waals surface area contributed by atoms with E-state index in [1.165, 1.54) is 6.39 Å². The van der Waals surface area contributed by atoms with Crippen LogP contribution < -0.4 is 11.1 Å². The van der Waals surface area contributed by atoms with Gasteiger partial charge in [-0.15, -0.1) is 10.2 Å². The molecule has 2 rings (SSSR count). The van der Waals surface area contributed by atoms with E-state index in [1.54, 1.807) is 32.0 Å². The van der Waals surface area contributed by atoms with E-state index in [0.717, 1.165) is 5.56 Å². The molecule has 0 spiro atoms. The van der Waals surface area contributed by atoms with Gasteiger partial charge in [0.15, 0.2) is 0 Å². The zero-order chi connectivity index (χ0) is 13.2. The molecule has 0 radical (unpaired) electrons. The maximum Gasteiger partial charge on any atom is 0.247 e. The summed E-state index contributed by atoms with van der Waals surface area (Å²) in [6.07, 6.45) is 1.25. The number of nitrogens with two attached hydrogens (primary N) is 1. The first-order valence-electron chi connectivity index (χ1n) is 5.44. The van der Waals surface area contributed by atoms with Crippen molar-refractivity contribution in [1.29, 1.82) is 0 Å². The molecule has 0 unspecified atom stereocenters. The van der Waals surface area contributed by atoms with E-state index < -0.39 is 5.54 Å². The topological polar surface area (TPSA) is 94.0 Å². The minimum Gasteiger partial charge on any atom is -0.423 e. The van der Waals surface area contributed by atoms with Crippen LogP contribution >= 0.6 is 0 Å². The quantitative estimate of drug-likeness (QED) is 0.854. The highest BCUT2D eigenvalue weighted by molar-refractivity contribution is 5.97. The zero-order valence-electron chi connectivity index (χ0n) is 10.2. The molecule has 1 aromatic carbocycles. The Bertz CT molecular complexity index is 543. The summed E-state index contributed by atoms with van der Waals surface area (Å²) in [6.45, 7) is 3.29. The first kappa shape index (κ1) is 12.3. The van der Waals surface area contributed by atoms with Gasteiger partial charge in [0, 0.05) is 11.3 Å². The zero-order valence-corrected chi connectivity index (χ0v) is 10.2. The maximum atomic E-state index is 11.7. The summed E-state index contributed by atoms with van der Waals surface area (Å²) in [4.78, 5) is 11.7. The number of amides is 1. The summed E-state index contributed by atoms with van der Waals surface area (Å²) in [7, 11) is 0. The Balaban J connectivity index is 2.21. The van der Waals surface area contributed by atoms with E-state index in [4.69, 9.17) is 10.2 Å². The van der Waals surface area contributed by atoms with Crippen molar-refractivity contribution in [2.45, 2.75) is 19.4 Å². The molecule has 2 aromatic rings. The Morgan fingerprint density at radius 3 is 2.83 bits per heavy atom. The van der Waals surface area contributed by atoms with Gasteiger partial charge in [0.05, 0.1) is 5.54 Å². The summed E-state index contributed by atoms with van der Waals surface area (Å²) in [5.74, 6) is 0.142. The molecule has 0 saturated heterocycles. The number of rotatable bonds is 3. The molecular formula is C12H14N4O2. The minimum atomic E-state index is -0.930. The summed E-state index contributed by atoms with van der Waals surface area (Å²) in [6, 6.07) is 7.12. The van der Waals surface area contributed by atoms with E-state index in [1.807, 2.05) is 6.07 Å². The lowest BCUT2D eigenvalue weighted by atomic mass is 10.1. The average molecular weight is 246 g/mol. The normalized spacial score (nSPS) is 11.3. The third-order valence-corrected chi connectivity index (χ3v) is 2.31. The number of hydrogen-bond donors (Lipinski definition) is 2. The van der Waals surface area contributed by atoms with Crippen LogP contribution in [-0.4, -0.2) is 21.6 Å². The summed E-state index contributed by atoms with van der Waals surface area (Å²) in [5.41, 5.74) is 6.15. The van der Waals surface area contributed by atoms with Gasteiger partial charge in [0.25, 0.3) is 0 Å². The van der Waals surface area contributed by atoms with Crippen LogP contribution in [0.15, 0.2) is 35.1 Å².